The minimum atomic E-state index is 0.774. The highest BCUT2D eigenvalue weighted by atomic mass is 15.2. The zero-order chi connectivity index (χ0) is 11.7. The SMILES string of the molecule is CNC1CCCC1N1CCCC2CCCCC21. The Morgan fingerprint density at radius 1 is 0.824 bits per heavy atom. The van der Waals surface area contributed by atoms with Gasteiger partial charge in [-0.2, -0.15) is 0 Å². The second kappa shape index (κ2) is 5.27. The summed E-state index contributed by atoms with van der Waals surface area (Å²) in [6.07, 6.45) is 13.2. The highest BCUT2D eigenvalue weighted by Crippen LogP contribution is 2.39. The van der Waals surface area contributed by atoms with Gasteiger partial charge >= 0.3 is 0 Å². The van der Waals surface area contributed by atoms with Gasteiger partial charge < -0.3 is 5.32 Å². The topological polar surface area (TPSA) is 15.3 Å². The van der Waals surface area contributed by atoms with Crippen LogP contribution in [-0.2, 0) is 0 Å². The summed E-state index contributed by atoms with van der Waals surface area (Å²) in [7, 11) is 2.16. The third kappa shape index (κ3) is 2.26. The van der Waals surface area contributed by atoms with Gasteiger partial charge in [0.25, 0.3) is 0 Å². The normalized spacial score (nSPS) is 43.6. The van der Waals surface area contributed by atoms with Crippen molar-refractivity contribution < 1.29 is 0 Å². The van der Waals surface area contributed by atoms with E-state index in [1.807, 2.05) is 0 Å². The van der Waals surface area contributed by atoms with Crippen LogP contribution in [0.15, 0.2) is 0 Å². The van der Waals surface area contributed by atoms with Crippen molar-refractivity contribution in [2.75, 3.05) is 13.6 Å². The van der Waals surface area contributed by atoms with Crippen LogP contribution >= 0.6 is 0 Å². The number of hydrogen-bond acceptors (Lipinski definition) is 2. The second-order valence-electron chi connectivity index (χ2n) is 6.39. The first-order valence-electron chi connectivity index (χ1n) is 7.83. The molecule has 0 amide bonds. The summed E-state index contributed by atoms with van der Waals surface area (Å²) in [6.45, 7) is 1.38. The van der Waals surface area contributed by atoms with Gasteiger partial charge in [-0.05, 0) is 58.0 Å². The molecule has 17 heavy (non-hydrogen) atoms. The van der Waals surface area contributed by atoms with Crippen LogP contribution < -0.4 is 5.32 Å². The molecule has 3 rings (SSSR count). The molecule has 0 aromatic carbocycles. The average molecular weight is 236 g/mol. The van der Waals surface area contributed by atoms with E-state index < -0.39 is 0 Å². The molecule has 3 aliphatic rings. The predicted molar refractivity (Wildman–Crippen MR) is 72.2 cm³/mol. The average Bonchev–Trinajstić information content (AvgIpc) is 2.86. The first kappa shape index (κ1) is 12.0. The Kier molecular flexibility index (Phi) is 3.72. The van der Waals surface area contributed by atoms with E-state index in [9.17, 15) is 0 Å². The maximum absolute atomic E-state index is 3.57. The zero-order valence-corrected chi connectivity index (χ0v) is 11.3. The Hall–Kier alpha value is -0.0800. The number of nitrogens with zero attached hydrogens (tertiary/aromatic N) is 1. The van der Waals surface area contributed by atoms with E-state index in [4.69, 9.17) is 0 Å². The monoisotopic (exact) mass is 236 g/mol. The van der Waals surface area contributed by atoms with Gasteiger partial charge in [0.2, 0.25) is 0 Å². The number of rotatable bonds is 2. The Bertz CT molecular complexity index is 249. The molecule has 2 nitrogen and oxygen atoms in total. The largest absolute Gasteiger partial charge is 0.315 e. The van der Waals surface area contributed by atoms with Crippen LogP contribution in [0.5, 0.6) is 0 Å². The van der Waals surface area contributed by atoms with Crippen molar-refractivity contribution in [3.63, 3.8) is 0 Å². The highest BCUT2D eigenvalue weighted by molar-refractivity contribution is 4.96. The molecule has 2 heteroatoms. The second-order valence-corrected chi connectivity index (χ2v) is 6.39. The molecule has 1 aliphatic heterocycles. The third-order valence-corrected chi connectivity index (χ3v) is 5.56. The molecule has 1 saturated heterocycles. The third-order valence-electron chi connectivity index (χ3n) is 5.56. The number of likely N-dealkylation sites (tertiary alicyclic amines) is 1. The van der Waals surface area contributed by atoms with E-state index in [1.54, 1.807) is 0 Å². The fourth-order valence-corrected chi connectivity index (χ4v) is 4.75. The zero-order valence-electron chi connectivity index (χ0n) is 11.3. The number of fused-ring (bicyclic) bond motifs is 1. The minimum Gasteiger partial charge on any atom is -0.315 e. The van der Waals surface area contributed by atoms with Crippen LogP contribution in [0.25, 0.3) is 0 Å². The number of nitrogens with one attached hydrogen (secondary N) is 1. The lowest BCUT2D eigenvalue weighted by atomic mass is 9.77. The summed E-state index contributed by atoms with van der Waals surface area (Å²) >= 11 is 0. The molecule has 0 spiro atoms. The Labute approximate surface area is 106 Å². The molecule has 0 aromatic heterocycles. The maximum Gasteiger partial charge on any atom is 0.0252 e. The fraction of sp³-hybridized carbons (Fsp3) is 1.00. The molecule has 2 aliphatic carbocycles. The van der Waals surface area contributed by atoms with Crippen LogP contribution in [0.3, 0.4) is 0 Å². The van der Waals surface area contributed by atoms with Gasteiger partial charge in [0.05, 0.1) is 0 Å². The molecule has 98 valence electrons. The highest BCUT2D eigenvalue weighted by Gasteiger charge is 2.40. The van der Waals surface area contributed by atoms with Crippen LogP contribution in [0.4, 0.5) is 0 Å². The standard InChI is InChI=1S/C15H28N2/c1-16-13-8-4-10-15(13)17-11-5-7-12-6-2-3-9-14(12)17/h12-16H,2-11H2,1H3. The van der Waals surface area contributed by atoms with E-state index in [2.05, 4.69) is 17.3 Å². The first-order valence-corrected chi connectivity index (χ1v) is 7.83. The Morgan fingerprint density at radius 2 is 1.59 bits per heavy atom. The summed E-state index contributed by atoms with van der Waals surface area (Å²) in [4.78, 5) is 2.92. The van der Waals surface area contributed by atoms with Gasteiger partial charge in [0.15, 0.2) is 0 Å². The van der Waals surface area contributed by atoms with Crippen molar-refractivity contribution in [1.29, 1.82) is 0 Å². The van der Waals surface area contributed by atoms with Crippen LogP contribution in [-0.4, -0.2) is 36.6 Å². The molecule has 4 atom stereocenters. The minimum absolute atomic E-state index is 0.774. The summed E-state index contributed by atoms with van der Waals surface area (Å²) in [6, 6.07) is 2.57. The van der Waals surface area contributed by atoms with Gasteiger partial charge in [-0.1, -0.05) is 19.3 Å². The molecule has 0 aromatic rings. The lowest BCUT2D eigenvalue weighted by molar-refractivity contribution is 0.0198. The molecule has 1 heterocycles. The van der Waals surface area contributed by atoms with Crippen LogP contribution in [0.2, 0.25) is 0 Å². The van der Waals surface area contributed by atoms with Crippen molar-refractivity contribution >= 4 is 0 Å². The lowest BCUT2D eigenvalue weighted by Crippen LogP contribution is -2.55. The van der Waals surface area contributed by atoms with Gasteiger partial charge in [-0.3, -0.25) is 4.90 Å². The smallest absolute Gasteiger partial charge is 0.0252 e. The van der Waals surface area contributed by atoms with Crippen molar-refractivity contribution in [1.82, 2.24) is 10.2 Å². The first-order chi connectivity index (χ1) is 8.40. The van der Waals surface area contributed by atoms with Gasteiger partial charge in [-0.25, -0.2) is 0 Å². The fourth-order valence-electron chi connectivity index (χ4n) is 4.75. The van der Waals surface area contributed by atoms with Crippen molar-refractivity contribution in [2.45, 2.75) is 75.9 Å². The quantitative estimate of drug-likeness (QED) is 0.793. The van der Waals surface area contributed by atoms with Gasteiger partial charge in [-0.15, -0.1) is 0 Å². The van der Waals surface area contributed by atoms with E-state index >= 15 is 0 Å². The van der Waals surface area contributed by atoms with Gasteiger partial charge in [0, 0.05) is 18.1 Å². The summed E-state index contributed by atoms with van der Waals surface area (Å²) in [5.41, 5.74) is 0. The van der Waals surface area contributed by atoms with Crippen molar-refractivity contribution in [2.24, 2.45) is 5.92 Å². The van der Waals surface area contributed by atoms with E-state index in [0.717, 1.165) is 24.0 Å². The van der Waals surface area contributed by atoms with E-state index in [0.29, 0.717) is 0 Å². The molecule has 4 unspecified atom stereocenters. The summed E-state index contributed by atoms with van der Waals surface area (Å²) in [5, 5.41) is 3.57. The van der Waals surface area contributed by atoms with Crippen molar-refractivity contribution in [3.05, 3.63) is 0 Å². The van der Waals surface area contributed by atoms with E-state index in [-0.39, 0.29) is 0 Å². The molecule has 0 bridgehead atoms. The summed E-state index contributed by atoms with van der Waals surface area (Å²) < 4.78 is 0. The molecular formula is C15H28N2. The predicted octanol–water partition coefficient (Wildman–Crippen LogP) is 2.78. The van der Waals surface area contributed by atoms with Crippen molar-refractivity contribution in [3.8, 4) is 0 Å². The molecular weight excluding hydrogens is 208 g/mol. The Balaban J connectivity index is 1.72. The summed E-state index contributed by atoms with van der Waals surface area (Å²) in [5.74, 6) is 1.04. The number of hydrogen-bond donors (Lipinski definition) is 1. The maximum atomic E-state index is 3.57. The van der Waals surface area contributed by atoms with E-state index in [1.165, 1.54) is 64.3 Å². The number of likely N-dealkylation sites (N-methyl/N-ethyl adjacent to an activating group) is 1. The van der Waals surface area contributed by atoms with Gasteiger partial charge in [0.1, 0.15) is 0 Å². The van der Waals surface area contributed by atoms with Crippen LogP contribution in [0.1, 0.15) is 57.8 Å². The number of piperidine rings is 1. The molecule has 1 N–H and O–H groups in total. The lowest BCUT2D eigenvalue weighted by Gasteiger charge is -2.48. The molecule has 2 saturated carbocycles. The molecule has 0 radical (unpaired) electrons. The Morgan fingerprint density at radius 3 is 2.47 bits per heavy atom. The molecule has 3 fully saturated rings. The van der Waals surface area contributed by atoms with Crippen LogP contribution in [0, 0.1) is 5.92 Å².